The van der Waals surface area contributed by atoms with Crippen molar-refractivity contribution in [2.75, 3.05) is 5.73 Å². The number of hydrogen-bond donors (Lipinski definition) is 1. The summed E-state index contributed by atoms with van der Waals surface area (Å²) in [7, 11) is 0. The fraction of sp³-hybridized carbons (Fsp3) is 0.111. The van der Waals surface area contributed by atoms with Gasteiger partial charge in [0.2, 0.25) is 5.95 Å². The maximum absolute atomic E-state index is 6.22. The molecular weight excluding hydrogens is 464 g/mol. The van der Waals surface area contributed by atoms with Crippen molar-refractivity contribution in [1.82, 2.24) is 9.97 Å². The van der Waals surface area contributed by atoms with E-state index in [2.05, 4.69) is 9.97 Å². The highest BCUT2D eigenvalue weighted by Crippen LogP contribution is 2.32. The van der Waals surface area contributed by atoms with Gasteiger partial charge in [0.05, 0.1) is 0 Å². The second-order valence-corrected chi connectivity index (χ2v) is 9.13. The van der Waals surface area contributed by atoms with Crippen LogP contribution in [0.5, 0.6) is 0 Å². The van der Waals surface area contributed by atoms with Gasteiger partial charge in [0.15, 0.2) is 0 Å². The molecule has 1 aromatic heterocycles. The number of halogens is 4. The molecule has 140 valence electrons. The largest absolute Gasteiger partial charge is 0.368 e. The van der Waals surface area contributed by atoms with Crippen LogP contribution in [-0.2, 0) is 11.5 Å². The molecule has 0 amide bonds. The normalized spacial score (nSPS) is 11.0. The highest BCUT2D eigenvalue weighted by molar-refractivity contribution is 7.99. The lowest BCUT2D eigenvalue weighted by Gasteiger charge is -2.08. The molecule has 27 heavy (non-hydrogen) atoms. The van der Waals surface area contributed by atoms with Crippen LogP contribution in [0, 0.1) is 0 Å². The number of anilines is 1. The van der Waals surface area contributed by atoms with E-state index in [0.717, 1.165) is 21.2 Å². The minimum absolute atomic E-state index is 0.229. The smallest absolute Gasteiger partial charge is 0.222 e. The Kier molecular flexibility index (Phi) is 7.42. The van der Waals surface area contributed by atoms with Crippen LogP contribution in [-0.4, -0.2) is 9.97 Å². The number of hydrogen-bond acceptors (Lipinski definition) is 5. The first-order valence-electron chi connectivity index (χ1n) is 7.69. The quantitative estimate of drug-likeness (QED) is 0.299. The summed E-state index contributed by atoms with van der Waals surface area (Å²) in [4.78, 5) is 8.57. The third-order valence-corrected chi connectivity index (χ3v) is 6.57. The first kappa shape index (κ1) is 20.9. The highest BCUT2D eigenvalue weighted by Gasteiger charge is 2.08. The molecule has 0 unspecified atom stereocenters. The molecular formula is C18H13Cl4N3S2. The number of nitrogens with two attached hydrogens (primary N) is 1. The molecule has 0 saturated heterocycles. The van der Waals surface area contributed by atoms with E-state index in [1.165, 1.54) is 23.5 Å². The van der Waals surface area contributed by atoms with Crippen molar-refractivity contribution in [2.24, 2.45) is 0 Å². The molecule has 3 nitrogen and oxygen atoms in total. The van der Waals surface area contributed by atoms with Crippen LogP contribution in [0.4, 0.5) is 5.95 Å². The van der Waals surface area contributed by atoms with Crippen molar-refractivity contribution in [2.45, 2.75) is 21.6 Å². The zero-order valence-corrected chi connectivity index (χ0v) is 18.4. The number of nitrogens with zero attached hydrogens (tertiary/aromatic N) is 2. The predicted molar refractivity (Wildman–Crippen MR) is 118 cm³/mol. The van der Waals surface area contributed by atoms with E-state index >= 15 is 0 Å². The number of rotatable bonds is 6. The van der Waals surface area contributed by atoms with Gasteiger partial charge in [-0.2, -0.15) is 0 Å². The first-order chi connectivity index (χ1) is 12.9. The van der Waals surface area contributed by atoms with Crippen molar-refractivity contribution < 1.29 is 0 Å². The number of thioether (sulfide) groups is 2. The zero-order chi connectivity index (χ0) is 19.4. The Bertz CT molecular complexity index is 896. The van der Waals surface area contributed by atoms with E-state index in [9.17, 15) is 0 Å². The van der Waals surface area contributed by atoms with Crippen LogP contribution in [0.1, 0.15) is 11.1 Å². The summed E-state index contributed by atoms with van der Waals surface area (Å²) in [5.74, 6) is 1.53. The van der Waals surface area contributed by atoms with Crippen LogP contribution in [0.3, 0.4) is 0 Å². The fourth-order valence-corrected chi connectivity index (χ4v) is 5.15. The van der Waals surface area contributed by atoms with Gasteiger partial charge in [0.25, 0.3) is 0 Å². The molecule has 1 heterocycles. The molecule has 0 fully saturated rings. The Balaban J connectivity index is 1.68. The van der Waals surface area contributed by atoms with Gasteiger partial charge in [-0.1, -0.05) is 58.5 Å². The first-order valence-corrected chi connectivity index (χ1v) is 11.2. The third kappa shape index (κ3) is 6.08. The van der Waals surface area contributed by atoms with Crippen LogP contribution in [0.25, 0.3) is 0 Å². The van der Waals surface area contributed by atoms with Crippen molar-refractivity contribution in [3.05, 3.63) is 73.7 Å². The Morgan fingerprint density at radius 1 is 0.704 bits per heavy atom. The lowest BCUT2D eigenvalue weighted by atomic mass is 10.2. The molecule has 0 radical (unpaired) electrons. The standard InChI is InChI=1S/C18H13Cl4N3S2/c19-12-3-1-10(14(21)5-12)8-26-16-7-17(25-18(23)24-16)27-9-11-2-4-13(20)6-15(11)22/h1-7H,8-9H2,(H2,23,24,25). The summed E-state index contributed by atoms with van der Waals surface area (Å²) < 4.78 is 0. The number of nitrogen functional groups attached to an aromatic ring is 1. The third-order valence-electron chi connectivity index (χ3n) is 3.48. The van der Waals surface area contributed by atoms with E-state index in [-0.39, 0.29) is 5.95 Å². The minimum atomic E-state index is 0.229. The lowest BCUT2D eigenvalue weighted by molar-refractivity contribution is 0.980. The van der Waals surface area contributed by atoms with Crippen LogP contribution in [0.15, 0.2) is 52.5 Å². The van der Waals surface area contributed by atoms with Gasteiger partial charge in [-0.15, -0.1) is 23.5 Å². The maximum Gasteiger partial charge on any atom is 0.222 e. The monoisotopic (exact) mass is 475 g/mol. The van der Waals surface area contributed by atoms with Crippen molar-refractivity contribution in [1.29, 1.82) is 0 Å². The predicted octanol–water partition coefficient (Wildman–Crippen LogP) is 7.26. The van der Waals surface area contributed by atoms with Crippen LogP contribution >= 0.6 is 69.9 Å². The van der Waals surface area contributed by atoms with Gasteiger partial charge in [-0.3, -0.25) is 0 Å². The summed E-state index contributed by atoms with van der Waals surface area (Å²) in [6, 6.07) is 12.8. The highest BCUT2D eigenvalue weighted by atomic mass is 35.5. The molecule has 0 aliphatic carbocycles. The lowest BCUT2D eigenvalue weighted by Crippen LogP contribution is -1.98. The van der Waals surface area contributed by atoms with Gasteiger partial charge in [-0.05, 0) is 35.4 Å². The molecule has 0 bridgehead atoms. The molecule has 0 aliphatic heterocycles. The Hall–Kier alpha value is -0.820. The number of benzene rings is 2. The molecule has 3 rings (SSSR count). The van der Waals surface area contributed by atoms with E-state index in [0.29, 0.717) is 31.6 Å². The molecule has 0 spiro atoms. The molecule has 2 N–H and O–H groups in total. The summed E-state index contributed by atoms with van der Waals surface area (Å²) in [5.41, 5.74) is 7.82. The van der Waals surface area contributed by atoms with E-state index in [4.69, 9.17) is 52.1 Å². The van der Waals surface area contributed by atoms with Gasteiger partial charge < -0.3 is 5.73 Å². The second kappa shape index (κ2) is 9.59. The summed E-state index contributed by atoms with van der Waals surface area (Å²) >= 11 is 27.4. The van der Waals surface area contributed by atoms with Gasteiger partial charge >= 0.3 is 0 Å². The van der Waals surface area contributed by atoms with Crippen molar-refractivity contribution >= 4 is 75.9 Å². The van der Waals surface area contributed by atoms with E-state index < -0.39 is 0 Å². The Morgan fingerprint density at radius 3 is 1.56 bits per heavy atom. The maximum atomic E-state index is 6.22. The molecule has 0 saturated carbocycles. The zero-order valence-electron chi connectivity index (χ0n) is 13.8. The number of aromatic nitrogens is 2. The molecule has 0 aliphatic rings. The van der Waals surface area contributed by atoms with Gasteiger partial charge in [0, 0.05) is 37.7 Å². The van der Waals surface area contributed by atoms with Crippen molar-refractivity contribution in [3.8, 4) is 0 Å². The molecule has 0 atom stereocenters. The topological polar surface area (TPSA) is 51.8 Å². The van der Waals surface area contributed by atoms with Gasteiger partial charge in [-0.25, -0.2) is 9.97 Å². The minimum Gasteiger partial charge on any atom is -0.368 e. The van der Waals surface area contributed by atoms with Crippen LogP contribution < -0.4 is 5.73 Å². The Morgan fingerprint density at radius 2 is 1.15 bits per heavy atom. The van der Waals surface area contributed by atoms with Crippen LogP contribution in [0.2, 0.25) is 20.1 Å². The molecule has 9 heteroatoms. The van der Waals surface area contributed by atoms with E-state index in [1.807, 2.05) is 30.3 Å². The SMILES string of the molecule is Nc1nc(SCc2ccc(Cl)cc2Cl)cc(SCc2ccc(Cl)cc2Cl)n1. The van der Waals surface area contributed by atoms with E-state index in [1.54, 1.807) is 12.1 Å². The molecule has 2 aromatic carbocycles. The summed E-state index contributed by atoms with van der Waals surface area (Å²) in [6.07, 6.45) is 0. The fourth-order valence-electron chi connectivity index (χ4n) is 2.15. The van der Waals surface area contributed by atoms with Crippen molar-refractivity contribution in [3.63, 3.8) is 0 Å². The van der Waals surface area contributed by atoms with Gasteiger partial charge in [0.1, 0.15) is 10.1 Å². The summed E-state index contributed by atoms with van der Waals surface area (Å²) in [6.45, 7) is 0. The Labute approximate surface area is 186 Å². The average Bonchev–Trinajstić information content (AvgIpc) is 2.60. The average molecular weight is 477 g/mol. The second-order valence-electron chi connectivity index (χ2n) is 5.45. The summed E-state index contributed by atoms with van der Waals surface area (Å²) in [5, 5.41) is 4.03. The molecule has 3 aromatic rings.